The molecular formula is C27H41N7O8. The van der Waals surface area contributed by atoms with Crippen LogP contribution in [0.5, 0.6) is 0 Å². The van der Waals surface area contributed by atoms with Crippen molar-refractivity contribution < 1.29 is 33.4 Å². The molecule has 15 heteroatoms. The molecule has 0 bridgehead atoms. The molecule has 42 heavy (non-hydrogen) atoms. The Labute approximate surface area is 244 Å². The molecule has 1 saturated heterocycles. The van der Waals surface area contributed by atoms with Crippen LogP contribution in [0, 0.1) is 5.21 Å². The molecule has 0 saturated carbocycles. The molecule has 0 radical (unpaired) electrons. The molecule has 15 nitrogen and oxygen atoms in total. The third kappa shape index (κ3) is 8.39. The van der Waals surface area contributed by atoms with Gasteiger partial charge in [0.25, 0.3) is 5.91 Å². The van der Waals surface area contributed by atoms with Crippen molar-refractivity contribution in [3.8, 4) is 0 Å². The van der Waals surface area contributed by atoms with Crippen molar-refractivity contribution in [2.45, 2.75) is 51.7 Å². The van der Waals surface area contributed by atoms with Gasteiger partial charge in [-0.1, -0.05) is 0 Å². The van der Waals surface area contributed by atoms with Gasteiger partial charge in [-0.25, -0.2) is 20.1 Å². The Hall–Kier alpha value is -3.76. The van der Waals surface area contributed by atoms with E-state index in [1.807, 2.05) is 0 Å². The van der Waals surface area contributed by atoms with E-state index in [1.54, 1.807) is 32.9 Å². The van der Waals surface area contributed by atoms with Crippen LogP contribution in [0.3, 0.4) is 0 Å². The summed E-state index contributed by atoms with van der Waals surface area (Å²) in [5.74, 6) is 4.23. The van der Waals surface area contributed by atoms with Gasteiger partial charge in [0.05, 0.1) is 33.0 Å². The first-order valence-corrected chi connectivity index (χ1v) is 13.8. The largest absolute Gasteiger partial charge is 0.619 e. The smallest absolute Gasteiger partial charge is 0.407 e. The Bertz CT molecular complexity index is 1190. The summed E-state index contributed by atoms with van der Waals surface area (Å²) in [5, 5.41) is 22.7. The fraction of sp³-hybridized carbons (Fsp3) is 0.556. The molecule has 0 spiro atoms. The molecule has 2 aliphatic rings. The molecule has 232 valence electrons. The van der Waals surface area contributed by atoms with Gasteiger partial charge in [0.15, 0.2) is 11.7 Å². The molecule has 2 atom stereocenters. The SMILES string of the molecule is CC(C)(C)OC(=O)NCCOCCOCCN(N)/C(=C\N)CCNc1ccc2c(c1)C(=O)[N+]2([O-])C1CCC(=O)NC1=O. The number of nitrogens with zero attached hydrogens (tertiary/aromatic N) is 2. The molecule has 2 unspecified atom stereocenters. The van der Waals surface area contributed by atoms with Crippen molar-refractivity contribution in [2.24, 2.45) is 11.6 Å². The number of hydrogen-bond donors (Lipinski definition) is 5. The van der Waals surface area contributed by atoms with Gasteiger partial charge >= 0.3 is 12.0 Å². The zero-order chi connectivity index (χ0) is 30.9. The van der Waals surface area contributed by atoms with Crippen molar-refractivity contribution in [3.63, 3.8) is 0 Å². The summed E-state index contributed by atoms with van der Waals surface area (Å²) in [6.45, 7) is 7.91. The minimum absolute atomic E-state index is 0.0211. The lowest BCUT2D eigenvalue weighted by atomic mass is 9.93. The predicted molar refractivity (Wildman–Crippen MR) is 154 cm³/mol. The normalized spacial score (nSPS) is 20.4. The first-order chi connectivity index (χ1) is 19.9. The van der Waals surface area contributed by atoms with Crippen molar-refractivity contribution in [3.05, 3.63) is 40.9 Å². The van der Waals surface area contributed by atoms with E-state index in [-0.39, 0.29) is 24.1 Å². The van der Waals surface area contributed by atoms with E-state index in [2.05, 4.69) is 16.0 Å². The van der Waals surface area contributed by atoms with Crippen molar-refractivity contribution >= 4 is 35.2 Å². The number of alkyl carbamates (subject to hydrolysis) is 1. The lowest BCUT2D eigenvalue weighted by molar-refractivity contribution is -0.136. The van der Waals surface area contributed by atoms with E-state index >= 15 is 0 Å². The second-order valence-corrected chi connectivity index (χ2v) is 10.8. The van der Waals surface area contributed by atoms with Crippen LogP contribution in [0.1, 0.15) is 50.4 Å². The second kappa shape index (κ2) is 14.4. The highest BCUT2D eigenvalue weighted by molar-refractivity contribution is 6.19. The quantitative estimate of drug-likeness (QED) is 0.0478. The van der Waals surface area contributed by atoms with Crippen LogP contribution in [-0.4, -0.2) is 86.5 Å². The van der Waals surface area contributed by atoms with Crippen LogP contribution in [0.15, 0.2) is 30.1 Å². The maximum absolute atomic E-state index is 13.3. The summed E-state index contributed by atoms with van der Waals surface area (Å²) in [6.07, 6.45) is 1.44. The van der Waals surface area contributed by atoms with Gasteiger partial charge in [-0.15, -0.1) is 0 Å². The minimum Gasteiger partial charge on any atom is -0.619 e. The number of hydroxylamine groups is 2. The molecule has 4 amide bonds. The topological polar surface area (TPSA) is 210 Å². The average Bonchev–Trinajstić information content (AvgIpc) is 2.92. The number of amides is 4. The van der Waals surface area contributed by atoms with E-state index in [9.17, 15) is 24.4 Å². The van der Waals surface area contributed by atoms with Crippen LogP contribution >= 0.6 is 0 Å². The summed E-state index contributed by atoms with van der Waals surface area (Å²) in [6, 6.07) is 3.60. The van der Waals surface area contributed by atoms with Crippen molar-refractivity contribution in [1.29, 1.82) is 0 Å². The van der Waals surface area contributed by atoms with Gasteiger partial charge in [0, 0.05) is 56.0 Å². The minimum atomic E-state index is -1.38. The van der Waals surface area contributed by atoms with Gasteiger partial charge in [0.2, 0.25) is 5.91 Å². The first kappa shape index (κ1) is 32.8. The molecule has 0 aromatic heterocycles. The Morgan fingerprint density at radius 2 is 1.88 bits per heavy atom. The van der Waals surface area contributed by atoms with Crippen molar-refractivity contribution in [2.75, 3.05) is 51.4 Å². The molecule has 7 N–H and O–H groups in total. The number of ether oxygens (including phenoxy) is 3. The van der Waals surface area contributed by atoms with Gasteiger partial charge in [-0.3, -0.25) is 14.9 Å². The first-order valence-electron chi connectivity index (χ1n) is 13.8. The Morgan fingerprint density at radius 1 is 1.17 bits per heavy atom. The molecule has 0 aliphatic carbocycles. The third-order valence-electron chi connectivity index (χ3n) is 6.57. The number of hydrazine groups is 1. The Morgan fingerprint density at radius 3 is 2.55 bits per heavy atom. The number of benzene rings is 1. The second-order valence-electron chi connectivity index (χ2n) is 10.8. The van der Waals surface area contributed by atoms with Crippen LogP contribution in [0.4, 0.5) is 16.2 Å². The van der Waals surface area contributed by atoms with Crippen LogP contribution in [0.25, 0.3) is 0 Å². The van der Waals surface area contributed by atoms with Gasteiger partial charge < -0.3 is 40.8 Å². The molecular weight excluding hydrogens is 550 g/mol. The number of nitrogens with one attached hydrogen (secondary N) is 3. The number of quaternary nitrogens is 1. The van der Waals surface area contributed by atoms with E-state index < -0.39 is 40.1 Å². The lowest BCUT2D eigenvalue weighted by Crippen LogP contribution is -2.68. The van der Waals surface area contributed by atoms with E-state index in [1.165, 1.54) is 17.3 Å². The molecule has 2 aliphatic heterocycles. The maximum atomic E-state index is 13.3. The fourth-order valence-corrected chi connectivity index (χ4v) is 4.51. The summed E-state index contributed by atoms with van der Waals surface area (Å²) < 4.78 is 14.7. The number of carbonyl (C=O) groups is 4. The zero-order valence-electron chi connectivity index (χ0n) is 24.3. The van der Waals surface area contributed by atoms with E-state index in [0.29, 0.717) is 63.9 Å². The van der Waals surface area contributed by atoms with Crippen molar-refractivity contribution in [1.82, 2.24) is 20.3 Å². The molecule has 1 aromatic rings. The zero-order valence-corrected chi connectivity index (χ0v) is 24.3. The highest BCUT2D eigenvalue weighted by Gasteiger charge is 2.55. The lowest BCUT2D eigenvalue weighted by Gasteiger charge is -2.51. The Kier molecular flexibility index (Phi) is 11.2. The average molecular weight is 592 g/mol. The van der Waals surface area contributed by atoms with Crippen LogP contribution in [-0.2, 0) is 23.8 Å². The van der Waals surface area contributed by atoms with E-state index in [4.69, 9.17) is 25.8 Å². The number of piperidine rings is 1. The summed E-state index contributed by atoms with van der Waals surface area (Å²) >= 11 is 0. The number of anilines is 1. The van der Waals surface area contributed by atoms with Gasteiger partial charge in [-0.2, -0.15) is 0 Å². The number of imide groups is 1. The number of fused-ring (bicyclic) bond motifs is 1. The number of hydrogen-bond acceptors (Lipinski definition) is 12. The number of carbonyl (C=O) groups excluding carboxylic acids is 4. The third-order valence-corrected chi connectivity index (χ3v) is 6.57. The highest BCUT2D eigenvalue weighted by atomic mass is 16.6. The molecule has 2 heterocycles. The summed E-state index contributed by atoms with van der Waals surface area (Å²) in [5.41, 5.74) is 6.95. The number of rotatable bonds is 15. The molecule has 3 rings (SSSR count). The monoisotopic (exact) mass is 591 g/mol. The maximum Gasteiger partial charge on any atom is 0.407 e. The van der Waals surface area contributed by atoms with Gasteiger partial charge in [0.1, 0.15) is 11.2 Å². The highest BCUT2D eigenvalue weighted by Crippen LogP contribution is 2.44. The van der Waals surface area contributed by atoms with Gasteiger partial charge in [-0.05, 0) is 32.9 Å². The number of nitrogens with two attached hydrogens (primary N) is 2. The summed E-state index contributed by atoms with van der Waals surface area (Å²) in [4.78, 5) is 47.9. The Balaban J connectivity index is 1.32. The molecule has 1 aromatic carbocycles. The van der Waals surface area contributed by atoms with Crippen LogP contribution < -0.4 is 32.2 Å². The van der Waals surface area contributed by atoms with E-state index in [0.717, 1.165) is 0 Å². The predicted octanol–water partition coefficient (Wildman–Crippen LogP) is 0.786. The standard InChI is InChI=1S/C27H41N7O8/c1-27(2,3)42-26(38)31-10-12-40-14-15-41-13-11-33(29)19(17-28)8-9-30-18-4-5-21-20(16-18)25(37)34(21,39)22-6-7-23(35)32-24(22)36/h4-5,16-17,22,30H,6-15,28-29H2,1-3H3,(H,31,38)(H,32,35,36)/b19-17-. The molecule has 1 fully saturated rings. The fourth-order valence-electron chi connectivity index (χ4n) is 4.51. The summed E-state index contributed by atoms with van der Waals surface area (Å²) in [7, 11) is 0. The van der Waals surface area contributed by atoms with Crippen LogP contribution in [0.2, 0.25) is 0 Å².